The van der Waals surface area contributed by atoms with Crippen molar-refractivity contribution in [1.82, 2.24) is 24.6 Å². The minimum Gasteiger partial charge on any atom is -0.353 e. The Kier molecular flexibility index (Phi) is 4.09. The van der Waals surface area contributed by atoms with E-state index in [1.165, 1.54) is 12.1 Å². The van der Waals surface area contributed by atoms with E-state index in [0.717, 1.165) is 48.6 Å². The van der Waals surface area contributed by atoms with E-state index in [1.807, 2.05) is 25.4 Å². The number of hydrogen-bond acceptors (Lipinski definition) is 5. The Balaban J connectivity index is 1.48. The Morgan fingerprint density at radius 3 is 2.48 bits per heavy atom. The van der Waals surface area contributed by atoms with Gasteiger partial charge in [0, 0.05) is 39.3 Å². The van der Waals surface area contributed by atoms with E-state index in [1.54, 1.807) is 11.0 Å². The van der Waals surface area contributed by atoms with Crippen LogP contribution in [0.1, 0.15) is 18.5 Å². The summed E-state index contributed by atoms with van der Waals surface area (Å²) in [7, 11) is 1.89. The van der Waals surface area contributed by atoms with Crippen LogP contribution in [0.25, 0.3) is 11.0 Å². The molecule has 6 nitrogen and oxygen atoms in total. The largest absolute Gasteiger partial charge is 0.353 e. The first-order chi connectivity index (χ1) is 12.1. The molecular formula is C18H21FN6. The summed E-state index contributed by atoms with van der Waals surface area (Å²) in [6.07, 6.45) is 3.44. The minimum absolute atomic E-state index is 0.190. The van der Waals surface area contributed by atoms with Crippen LogP contribution in [0.5, 0.6) is 0 Å². The molecule has 0 unspecified atom stereocenters. The van der Waals surface area contributed by atoms with E-state index in [4.69, 9.17) is 0 Å². The second-order valence-electron chi connectivity index (χ2n) is 6.45. The van der Waals surface area contributed by atoms with Gasteiger partial charge in [-0.1, -0.05) is 12.1 Å². The van der Waals surface area contributed by atoms with Crippen molar-refractivity contribution in [3.05, 3.63) is 48.2 Å². The molecule has 1 fully saturated rings. The Morgan fingerprint density at radius 1 is 1.04 bits per heavy atom. The molecule has 3 heterocycles. The molecule has 130 valence electrons. The van der Waals surface area contributed by atoms with Crippen LogP contribution in [-0.2, 0) is 7.05 Å². The number of hydrogen-bond donors (Lipinski definition) is 0. The number of fused-ring (bicyclic) bond motifs is 1. The Morgan fingerprint density at radius 2 is 1.76 bits per heavy atom. The van der Waals surface area contributed by atoms with Gasteiger partial charge >= 0.3 is 0 Å². The zero-order valence-corrected chi connectivity index (χ0v) is 14.4. The molecular weight excluding hydrogens is 319 g/mol. The number of piperazine rings is 1. The predicted octanol–water partition coefficient (Wildman–Crippen LogP) is 2.39. The highest BCUT2D eigenvalue weighted by Gasteiger charge is 2.24. The second kappa shape index (κ2) is 6.40. The first-order valence-electron chi connectivity index (χ1n) is 8.50. The lowest BCUT2D eigenvalue weighted by molar-refractivity contribution is 0.198. The summed E-state index contributed by atoms with van der Waals surface area (Å²) in [5.74, 6) is 0.761. The number of aryl methyl sites for hydroxylation is 1. The van der Waals surface area contributed by atoms with Gasteiger partial charge in [0.25, 0.3) is 0 Å². The molecule has 0 bridgehead atoms. The summed E-state index contributed by atoms with van der Waals surface area (Å²) in [5, 5.41) is 5.28. The fourth-order valence-corrected chi connectivity index (χ4v) is 3.47. The monoisotopic (exact) mass is 340 g/mol. The highest BCUT2D eigenvalue weighted by molar-refractivity contribution is 5.86. The fraction of sp³-hybridized carbons (Fsp3) is 0.389. The van der Waals surface area contributed by atoms with Crippen molar-refractivity contribution in [2.24, 2.45) is 7.05 Å². The van der Waals surface area contributed by atoms with Gasteiger partial charge in [-0.25, -0.2) is 14.4 Å². The molecule has 2 aromatic heterocycles. The smallest absolute Gasteiger partial charge is 0.163 e. The minimum atomic E-state index is -0.190. The van der Waals surface area contributed by atoms with E-state index < -0.39 is 0 Å². The summed E-state index contributed by atoms with van der Waals surface area (Å²) < 4.78 is 14.9. The van der Waals surface area contributed by atoms with Crippen LogP contribution in [0.4, 0.5) is 10.2 Å². The van der Waals surface area contributed by atoms with Gasteiger partial charge in [0.05, 0.1) is 11.6 Å². The highest BCUT2D eigenvalue weighted by atomic mass is 19.1. The predicted molar refractivity (Wildman–Crippen MR) is 94.9 cm³/mol. The number of halogens is 1. The molecule has 1 aliphatic heterocycles. The number of nitrogens with zero attached hydrogens (tertiary/aromatic N) is 6. The lowest BCUT2D eigenvalue weighted by Crippen LogP contribution is -2.47. The standard InChI is InChI=1S/C18H21FN6/c1-13(14-3-5-15(19)6-4-14)24-7-9-25(10-8-24)18-16-11-22-23(2)17(16)20-12-21-18/h3-6,11-13H,7-10H2,1-2H3/t13-/m1/s1. The average molecular weight is 340 g/mol. The van der Waals surface area contributed by atoms with Crippen LogP contribution in [0, 0.1) is 5.82 Å². The molecule has 1 aliphatic rings. The van der Waals surface area contributed by atoms with Gasteiger partial charge in [-0.3, -0.25) is 9.58 Å². The zero-order chi connectivity index (χ0) is 17.4. The molecule has 0 spiro atoms. The van der Waals surface area contributed by atoms with Gasteiger partial charge < -0.3 is 4.90 Å². The van der Waals surface area contributed by atoms with Crippen molar-refractivity contribution >= 4 is 16.9 Å². The van der Waals surface area contributed by atoms with Crippen LogP contribution < -0.4 is 4.90 Å². The summed E-state index contributed by atoms with van der Waals surface area (Å²) >= 11 is 0. The maximum atomic E-state index is 13.1. The van der Waals surface area contributed by atoms with Gasteiger partial charge in [-0.05, 0) is 24.6 Å². The molecule has 3 aromatic rings. The second-order valence-corrected chi connectivity index (χ2v) is 6.45. The molecule has 0 radical (unpaired) electrons. The van der Waals surface area contributed by atoms with Gasteiger partial charge in [0.1, 0.15) is 18.0 Å². The number of rotatable bonds is 3. The van der Waals surface area contributed by atoms with Crippen LogP contribution in [0.3, 0.4) is 0 Å². The molecule has 25 heavy (non-hydrogen) atoms. The normalized spacial score (nSPS) is 17.2. The van der Waals surface area contributed by atoms with Crippen molar-refractivity contribution in [3.8, 4) is 0 Å². The van der Waals surface area contributed by atoms with Crippen molar-refractivity contribution in [2.45, 2.75) is 13.0 Å². The first kappa shape index (κ1) is 16.0. The molecule has 1 saturated heterocycles. The summed E-state index contributed by atoms with van der Waals surface area (Å²) in [6.45, 7) is 5.83. The van der Waals surface area contributed by atoms with E-state index in [-0.39, 0.29) is 11.9 Å². The summed E-state index contributed by atoms with van der Waals surface area (Å²) in [5.41, 5.74) is 2.00. The summed E-state index contributed by atoms with van der Waals surface area (Å²) in [4.78, 5) is 13.5. The van der Waals surface area contributed by atoms with Crippen molar-refractivity contribution in [2.75, 3.05) is 31.1 Å². The maximum Gasteiger partial charge on any atom is 0.163 e. The Bertz CT molecular complexity index is 867. The quantitative estimate of drug-likeness (QED) is 0.733. The SMILES string of the molecule is C[C@H](c1ccc(F)cc1)N1CCN(c2ncnc3c2cnn3C)CC1. The number of benzene rings is 1. The van der Waals surface area contributed by atoms with Crippen LogP contribution in [0.2, 0.25) is 0 Å². The molecule has 1 aromatic carbocycles. The van der Waals surface area contributed by atoms with Gasteiger partial charge in [-0.15, -0.1) is 0 Å². The van der Waals surface area contributed by atoms with Crippen LogP contribution >= 0.6 is 0 Å². The van der Waals surface area contributed by atoms with E-state index in [9.17, 15) is 4.39 Å². The first-order valence-corrected chi connectivity index (χ1v) is 8.50. The van der Waals surface area contributed by atoms with Gasteiger partial charge in [0.2, 0.25) is 0 Å². The third-order valence-corrected chi connectivity index (χ3v) is 5.02. The third kappa shape index (κ3) is 2.95. The van der Waals surface area contributed by atoms with Gasteiger partial charge in [0.15, 0.2) is 5.65 Å². The van der Waals surface area contributed by atoms with Gasteiger partial charge in [-0.2, -0.15) is 5.10 Å². The lowest BCUT2D eigenvalue weighted by atomic mass is 10.1. The molecule has 0 saturated carbocycles. The average Bonchev–Trinajstić information content (AvgIpc) is 3.03. The Hall–Kier alpha value is -2.54. The molecule has 0 amide bonds. The fourth-order valence-electron chi connectivity index (χ4n) is 3.47. The summed E-state index contributed by atoms with van der Waals surface area (Å²) in [6, 6.07) is 7.07. The molecule has 7 heteroatoms. The van der Waals surface area contributed by atoms with E-state index >= 15 is 0 Å². The molecule has 4 rings (SSSR count). The lowest BCUT2D eigenvalue weighted by Gasteiger charge is -2.38. The van der Waals surface area contributed by atoms with Crippen molar-refractivity contribution < 1.29 is 4.39 Å². The highest BCUT2D eigenvalue weighted by Crippen LogP contribution is 2.26. The number of anilines is 1. The molecule has 0 N–H and O–H groups in total. The van der Waals surface area contributed by atoms with Crippen LogP contribution in [0.15, 0.2) is 36.8 Å². The molecule has 1 atom stereocenters. The third-order valence-electron chi connectivity index (χ3n) is 5.02. The van der Waals surface area contributed by atoms with Crippen molar-refractivity contribution in [3.63, 3.8) is 0 Å². The topological polar surface area (TPSA) is 50.1 Å². The zero-order valence-electron chi connectivity index (χ0n) is 14.4. The number of aromatic nitrogens is 4. The molecule has 0 aliphatic carbocycles. The Labute approximate surface area is 145 Å². The van der Waals surface area contributed by atoms with E-state index in [0.29, 0.717) is 0 Å². The van der Waals surface area contributed by atoms with Crippen LogP contribution in [-0.4, -0.2) is 50.8 Å². The van der Waals surface area contributed by atoms with Crippen molar-refractivity contribution in [1.29, 1.82) is 0 Å². The van der Waals surface area contributed by atoms with E-state index in [2.05, 4.69) is 31.8 Å². The maximum absolute atomic E-state index is 13.1.